The van der Waals surface area contributed by atoms with Crippen LogP contribution in [0.25, 0.3) is 0 Å². The van der Waals surface area contributed by atoms with E-state index in [0.717, 1.165) is 23.4 Å². The normalized spacial score (nSPS) is 18.2. The summed E-state index contributed by atoms with van der Waals surface area (Å²) in [6, 6.07) is 8.01. The number of benzene rings is 1. The van der Waals surface area contributed by atoms with Crippen LogP contribution in [0.2, 0.25) is 5.02 Å². The third-order valence-corrected chi connectivity index (χ3v) is 3.40. The molecule has 1 saturated carbocycles. The minimum atomic E-state index is -0.195. The van der Waals surface area contributed by atoms with E-state index in [-0.39, 0.29) is 18.0 Å². The minimum absolute atomic E-state index is 0.0754. The average Bonchev–Trinajstić information content (AvgIpc) is 3.12. The van der Waals surface area contributed by atoms with Crippen molar-refractivity contribution in [3.05, 3.63) is 34.9 Å². The van der Waals surface area contributed by atoms with Crippen molar-refractivity contribution in [3.63, 3.8) is 0 Å². The van der Waals surface area contributed by atoms with Gasteiger partial charge in [-0.1, -0.05) is 23.7 Å². The first kappa shape index (κ1) is 13.4. The average molecular weight is 267 g/mol. The lowest BCUT2D eigenvalue weighted by molar-refractivity contribution is -0.123. The third-order valence-electron chi connectivity index (χ3n) is 3.17. The Morgan fingerprint density at radius 2 is 2.11 bits per heavy atom. The van der Waals surface area contributed by atoms with Crippen LogP contribution in [-0.2, 0) is 4.79 Å². The SMILES string of the molecule is C[C@H](N[C@@H](C)c1cccc(Cl)c1)C(=O)NC1CC1. The van der Waals surface area contributed by atoms with Gasteiger partial charge in [0.1, 0.15) is 0 Å². The lowest BCUT2D eigenvalue weighted by atomic mass is 10.1. The van der Waals surface area contributed by atoms with Crippen LogP contribution in [-0.4, -0.2) is 18.0 Å². The predicted octanol–water partition coefficient (Wildman–Crippen LogP) is 2.66. The first-order valence-electron chi connectivity index (χ1n) is 6.38. The Kier molecular flexibility index (Phi) is 4.25. The van der Waals surface area contributed by atoms with Gasteiger partial charge in [0.05, 0.1) is 6.04 Å². The fraction of sp³-hybridized carbons (Fsp3) is 0.500. The molecule has 2 atom stereocenters. The standard InChI is InChI=1S/C14H19ClN2O/c1-9(11-4-3-5-12(15)8-11)16-10(2)14(18)17-13-6-7-13/h3-5,8-10,13,16H,6-7H2,1-2H3,(H,17,18)/t9-,10-/m0/s1. The van der Waals surface area contributed by atoms with Crippen molar-refractivity contribution < 1.29 is 4.79 Å². The Labute approximate surface area is 113 Å². The van der Waals surface area contributed by atoms with E-state index in [1.165, 1.54) is 0 Å². The molecule has 1 aromatic carbocycles. The molecule has 0 radical (unpaired) electrons. The summed E-state index contributed by atoms with van der Waals surface area (Å²) in [5.41, 5.74) is 1.09. The van der Waals surface area contributed by atoms with E-state index < -0.39 is 0 Å². The van der Waals surface area contributed by atoms with Gasteiger partial charge < -0.3 is 5.32 Å². The van der Waals surface area contributed by atoms with Crippen LogP contribution >= 0.6 is 11.6 Å². The molecule has 0 aromatic heterocycles. The van der Waals surface area contributed by atoms with Crippen LogP contribution in [0.15, 0.2) is 24.3 Å². The summed E-state index contributed by atoms with van der Waals surface area (Å²) < 4.78 is 0. The van der Waals surface area contributed by atoms with Crippen molar-refractivity contribution >= 4 is 17.5 Å². The van der Waals surface area contributed by atoms with Gasteiger partial charge in [0, 0.05) is 17.1 Å². The molecule has 3 nitrogen and oxygen atoms in total. The van der Waals surface area contributed by atoms with Crippen molar-refractivity contribution in [1.29, 1.82) is 0 Å². The van der Waals surface area contributed by atoms with Gasteiger partial charge in [-0.2, -0.15) is 0 Å². The first-order valence-corrected chi connectivity index (χ1v) is 6.76. The van der Waals surface area contributed by atoms with Gasteiger partial charge in [-0.25, -0.2) is 0 Å². The van der Waals surface area contributed by atoms with Crippen LogP contribution in [0.4, 0.5) is 0 Å². The summed E-state index contributed by atoms with van der Waals surface area (Å²) in [5.74, 6) is 0.0754. The zero-order chi connectivity index (χ0) is 13.1. The largest absolute Gasteiger partial charge is 0.352 e. The zero-order valence-corrected chi connectivity index (χ0v) is 11.5. The number of hydrogen-bond acceptors (Lipinski definition) is 2. The predicted molar refractivity (Wildman–Crippen MR) is 73.6 cm³/mol. The highest BCUT2D eigenvalue weighted by Crippen LogP contribution is 2.20. The number of nitrogens with one attached hydrogen (secondary N) is 2. The topological polar surface area (TPSA) is 41.1 Å². The fourth-order valence-electron chi connectivity index (χ4n) is 1.88. The molecule has 1 aliphatic rings. The van der Waals surface area contributed by atoms with Gasteiger partial charge in [-0.05, 0) is 44.4 Å². The minimum Gasteiger partial charge on any atom is -0.352 e. The second kappa shape index (κ2) is 5.72. The van der Waals surface area contributed by atoms with Gasteiger partial charge >= 0.3 is 0 Å². The molecule has 98 valence electrons. The van der Waals surface area contributed by atoms with Gasteiger partial charge in [-0.3, -0.25) is 10.1 Å². The molecule has 0 aliphatic heterocycles. The molecule has 0 spiro atoms. The molecule has 2 rings (SSSR count). The Morgan fingerprint density at radius 3 is 2.72 bits per heavy atom. The maximum Gasteiger partial charge on any atom is 0.237 e. The van der Waals surface area contributed by atoms with E-state index in [1.54, 1.807) is 0 Å². The highest BCUT2D eigenvalue weighted by atomic mass is 35.5. The molecule has 18 heavy (non-hydrogen) atoms. The summed E-state index contributed by atoms with van der Waals surface area (Å²) in [4.78, 5) is 11.8. The maximum absolute atomic E-state index is 11.8. The number of halogens is 1. The molecule has 0 saturated heterocycles. The smallest absolute Gasteiger partial charge is 0.237 e. The highest BCUT2D eigenvalue weighted by Gasteiger charge is 2.26. The Morgan fingerprint density at radius 1 is 1.39 bits per heavy atom. The van der Waals surface area contributed by atoms with Crippen molar-refractivity contribution in [2.24, 2.45) is 0 Å². The zero-order valence-electron chi connectivity index (χ0n) is 10.7. The fourth-order valence-corrected chi connectivity index (χ4v) is 2.08. The van der Waals surface area contributed by atoms with Crippen LogP contribution in [0.3, 0.4) is 0 Å². The summed E-state index contributed by atoms with van der Waals surface area (Å²) in [5, 5.41) is 7.00. The quantitative estimate of drug-likeness (QED) is 0.860. The number of carbonyl (C=O) groups is 1. The van der Waals surface area contributed by atoms with E-state index in [4.69, 9.17) is 11.6 Å². The van der Waals surface area contributed by atoms with E-state index in [9.17, 15) is 4.79 Å². The van der Waals surface area contributed by atoms with Gasteiger partial charge in [0.2, 0.25) is 5.91 Å². The molecule has 0 bridgehead atoms. The van der Waals surface area contributed by atoms with Crippen LogP contribution < -0.4 is 10.6 Å². The Bertz CT molecular complexity index is 432. The van der Waals surface area contributed by atoms with Gasteiger partial charge in [0.25, 0.3) is 0 Å². The van der Waals surface area contributed by atoms with E-state index in [2.05, 4.69) is 10.6 Å². The Hall–Kier alpha value is -1.06. The van der Waals surface area contributed by atoms with Gasteiger partial charge in [-0.15, -0.1) is 0 Å². The molecule has 1 fully saturated rings. The van der Waals surface area contributed by atoms with E-state index in [0.29, 0.717) is 6.04 Å². The second-order valence-corrected chi connectivity index (χ2v) is 5.38. The van der Waals surface area contributed by atoms with E-state index in [1.807, 2.05) is 38.1 Å². The monoisotopic (exact) mass is 266 g/mol. The summed E-state index contributed by atoms with van der Waals surface area (Å²) in [7, 11) is 0. The van der Waals surface area contributed by atoms with Crippen molar-refractivity contribution in [3.8, 4) is 0 Å². The van der Waals surface area contributed by atoms with E-state index >= 15 is 0 Å². The highest BCUT2D eigenvalue weighted by molar-refractivity contribution is 6.30. The van der Waals surface area contributed by atoms with Crippen LogP contribution in [0, 0.1) is 0 Å². The van der Waals surface area contributed by atoms with Crippen LogP contribution in [0.1, 0.15) is 38.3 Å². The molecule has 4 heteroatoms. The molecule has 2 N–H and O–H groups in total. The number of carbonyl (C=O) groups excluding carboxylic acids is 1. The summed E-state index contributed by atoms with van der Waals surface area (Å²) in [6.07, 6.45) is 2.23. The van der Waals surface area contributed by atoms with Crippen molar-refractivity contribution in [2.75, 3.05) is 0 Å². The lowest BCUT2D eigenvalue weighted by Gasteiger charge is -2.20. The molecule has 1 aromatic rings. The number of rotatable bonds is 5. The molecule has 0 heterocycles. The third kappa shape index (κ3) is 3.72. The molecule has 1 aliphatic carbocycles. The second-order valence-electron chi connectivity index (χ2n) is 4.95. The maximum atomic E-state index is 11.8. The number of hydrogen-bond donors (Lipinski definition) is 2. The lowest BCUT2D eigenvalue weighted by Crippen LogP contribution is -2.43. The van der Waals surface area contributed by atoms with Crippen LogP contribution in [0.5, 0.6) is 0 Å². The summed E-state index contributed by atoms with van der Waals surface area (Å²) >= 11 is 5.96. The van der Waals surface area contributed by atoms with Crippen molar-refractivity contribution in [2.45, 2.75) is 44.8 Å². The Balaban J connectivity index is 1.89. The first-order chi connectivity index (χ1) is 8.56. The molecular formula is C14H19ClN2O. The van der Waals surface area contributed by atoms with Crippen molar-refractivity contribution in [1.82, 2.24) is 10.6 Å². The molecular weight excluding hydrogens is 248 g/mol. The molecule has 0 unspecified atom stereocenters. The van der Waals surface area contributed by atoms with Gasteiger partial charge in [0.15, 0.2) is 0 Å². The summed E-state index contributed by atoms with van der Waals surface area (Å²) in [6.45, 7) is 3.92. The number of amides is 1. The molecule has 1 amide bonds.